The lowest BCUT2D eigenvalue weighted by Crippen LogP contribution is -2.44. The van der Waals surface area contributed by atoms with Gasteiger partial charge in [0, 0.05) is 24.5 Å². The van der Waals surface area contributed by atoms with Crippen LogP contribution in [0.3, 0.4) is 0 Å². The van der Waals surface area contributed by atoms with Gasteiger partial charge in [0.1, 0.15) is 0 Å². The van der Waals surface area contributed by atoms with E-state index in [2.05, 4.69) is 4.98 Å². The third-order valence-electron chi connectivity index (χ3n) is 5.03. The van der Waals surface area contributed by atoms with E-state index in [0.29, 0.717) is 23.4 Å². The standard InChI is InChI=1S/C15H17ClN2O3.CH2O2/c1-2-15(14(20)21)7-9-3-4-12(15)18(9)13(19)10-5-6-17-8-11(10)16;2-1-3/h5-6,8-9,12H,2-4,7H2,1H3,(H,20,21);1H,(H,2,3)/t9-,12+,15+;/m0./s1. The molecular formula is C16H19ClN2O5. The highest BCUT2D eigenvalue weighted by Crippen LogP contribution is 2.52. The molecule has 3 heterocycles. The van der Waals surface area contributed by atoms with Crippen molar-refractivity contribution in [2.45, 2.75) is 44.7 Å². The molecule has 2 fully saturated rings. The van der Waals surface area contributed by atoms with Crippen molar-refractivity contribution in [2.24, 2.45) is 5.41 Å². The predicted molar refractivity (Wildman–Crippen MR) is 85.9 cm³/mol. The molecule has 2 aliphatic rings. The van der Waals surface area contributed by atoms with Gasteiger partial charge in [-0.1, -0.05) is 18.5 Å². The molecule has 24 heavy (non-hydrogen) atoms. The van der Waals surface area contributed by atoms with Gasteiger partial charge in [-0.25, -0.2) is 0 Å². The molecular weight excluding hydrogens is 336 g/mol. The third kappa shape index (κ3) is 2.84. The van der Waals surface area contributed by atoms with Crippen molar-refractivity contribution in [3.05, 3.63) is 29.0 Å². The molecule has 2 bridgehead atoms. The van der Waals surface area contributed by atoms with Gasteiger partial charge in [0.2, 0.25) is 0 Å². The minimum Gasteiger partial charge on any atom is -0.483 e. The molecule has 2 aliphatic heterocycles. The number of aromatic nitrogens is 1. The van der Waals surface area contributed by atoms with E-state index in [-0.39, 0.29) is 24.5 Å². The lowest BCUT2D eigenvalue weighted by Gasteiger charge is -2.32. The van der Waals surface area contributed by atoms with Gasteiger partial charge >= 0.3 is 5.97 Å². The van der Waals surface area contributed by atoms with Crippen molar-refractivity contribution in [1.82, 2.24) is 9.88 Å². The summed E-state index contributed by atoms with van der Waals surface area (Å²) in [7, 11) is 0. The Labute approximate surface area is 144 Å². The van der Waals surface area contributed by atoms with Crippen LogP contribution in [0.4, 0.5) is 0 Å². The van der Waals surface area contributed by atoms with Crippen LogP contribution in [-0.4, -0.2) is 50.5 Å². The molecule has 7 nitrogen and oxygen atoms in total. The highest BCUT2D eigenvalue weighted by atomic mass is 35.5. The van der Waals surface area contributed by atoms with Crippen LogP contribution in [0.15, 0.2) is 18.5 Å². The summed E-state index contributed by atoms with van der Waals surface area (Å²) in [4.78, 5) is 38.5. The van der Waals surface area contributed by atoms with Crippen molar-refractivity contribution >= 4 is 29.9 Å². The highest BCUT2D eigenvalue weighted by molar-refractivity contribution is 6.33. The maximum absolute atomic E-state index is 12.8. The van der Waals surface area contributed by atoms with Crippen LogP contribution in [-0.2, 0) is 9.59 Å². The summed E-state index contributed by atoms with van der Waals surface area (Å²) in [5.41, 5.74) is -0.404. The first-order valence-corrected chi connectivity index (χ1v) is 8.04. The maximum atomic E-state index is 12.8. The molecule has 130 valence electrons. The summed E-state index contributed by atoms with van der Waals surface area (Å²) in [6.45, 7) is 1.64. The molecule has 3 atom stereocenters. The van der Waals surface area contributed by atoms with Crippen LogP contribution < -0.4 is 0 Å². The van der Waals surface area contributed by atoms with E-state index in [9.17, 15) is 14.7 Å². The van der Waals surface area contributed by atoms with Crippen LogP contribution in [0.5, 0.6) is 0 Å². The zero-order valence-electron chi connectivity index (χ0n) is 13.2. The van der Waals surface area contributed by atoms with Gasteiger partial charge < -0.3 is 15.1 Å². The Balaban J connectivity index is 0.000000647. The molecule has 1 aromatic rings. The van der Waals surface area contributed by atoms with Gasteiger partial charge in [-0.05, 0) is 31.7 Å². The van der Waals surface area contributed by atoms with E-state index < -0.39 is 11.4 Å². The summed E-state index contributed by atoms with van der Waals surface area (Å²) in [6.07, 6.45) is 5.67. The minimum atomic E-state index is -0.807. The number of hydrogen-bond acceptors (Lipinski definition) is 4. The van der Waals surface area contributed by atoms with Crippen molar-refractivity contribution in [1.29, 1.82) is 0 Å². The molecule has 2 saturated heterocycles. The van der Waals surface area contributed by atoms with Gasteiger partial charge in [-0.3, -0.25) is 19.4 Å². The zero-order valence-corrected chi connectivity index (χ0v) is 13.9. The van der Waals surface area contributed by atoms with E-state index in [1.54, 1.807) is 11.0 Å². The Morgan fingerprint density at radius 3 is 2.67 bits per heavy atom. The first-order chi connectivity index (χ1) is 11.4. The fourth-order valence-corrected chi connectivity index (χ4v) is 4.14. The lowest BCUT2D eigenvalue weighted by atomic mass is 9.72. The second kappa shape index (κ2) is 7.17. The van der Waals surface area contributed by atoms with E-state index >= 15 is 0 Å². The first kappa shape index (κ1) is 18.2. The molecule has 2 N–H and O–H groups in total. The summed E-state index contributed by atoms with van der Waals surface area (Å²) >= 11 is 6.05. The molecule has 0 radical (unpaired) electrons. The highest BCUT2D eigenvalue weighted by Gasteiger charge is 2.60. The average molecular weight is 355 g/mol. The van der Waals surface area contributed by atoms with Crippen LogP contribution in [0, 0.1) is 5.41 Å². The van der Waals surface area contributed by atoms with Crippen molar-refractivity contribution < 1.29 is 24.6 Å². The number of nitrogens with zero attached hydrogens (tertiary/aromatic N) is 2. The van der Waals surface area contributed by atoms with Gasteiger partial charge in [0.15, 0.2) is 0 Å². The number of amides is 1. The molecule has 3 rings (SSSR count). The van der Waals surface area contributed by atoms with Crippen molar-refractivity contribution in [3.63, 3.8) is 0 Å². The summed E-state index contributed by atoms with van der Waals surface area (Å²) in [5.74, 6) is -0.970. The van der Waals surface area contributed by atoms with Gasteiger partial charge in [-0.15, -0.1) is 0 Å². The van der Waals surface area contributed by atoms with Gasteiger partial charge in [-0.2, -0.15) is 0 Å². The lowest BCUT2D eigenvalue weighted by molar-refractivity contribution is -0.151. The second-order valence-corrected chi connectivity index (χ2v) is 6.35. The SMILES string of the molecule is CC[C@@]1(C(=O)O)C[C@@H]2CC[C@H]1N2C(=O)c1ccncc1Cl.O=CO. The fraction of sp³-hybridized carbons (Fsp3) is 0.500. The number of carbonyl (C=O) groups excluding carboxylic acids is 1. The average Bonchev–Trinajstić information content (AvgIpc) is 3.11. The van der Waals surface area contributed by atoms with Crippen LogP contribution in [0.25, 0.3) is 0 Å². The smallest absolute Gasteiger partial charge is 0.311 e. The largest absolute Gasteiger partial charge is 0.483 e. The number of pyridine rings is 1. The number of carboxylic acids is 1. The number of hydrogen-bond donors (Lipinski definition) is 2. The van der Waals surface area contributed by atoms with Crippen molar-refractivity contribution in [2.75, 3.05) is 0 Å². The predicted octanol–water partition coefficient (Wildman–Crippen LogP) is 2.29. The summed E-state index contributed by atoms with van der Waals surface area (Å²) < 4.78 is 0. The Morgan fingerprint density at radius 2 is 2.17 bits per heavy atom. The molecule has 8 heteroatoms. The van der Waals surface area contributed by atoms with E-state index in [1.165, 1.54) is 12.4 Å². The zero-order chi connectivity index (χ0) is 17.9. The molecule has 0 spiro atoms. The monoisotopic (exact) mass is 354 g/mol. The summed E-state index contributed by atoms with van der Waals surface area (Å²) in [5, 5.41) is 16.8. The van der Waals surface area contributed by atoms with Crippen LogP contribution in [0.1, 0.15) is 43.0 Å². The number of fused-ring (bicyclic) bond motifs is 2. The number of aliphatic carboxylic acids is 1. The van der Waals surface area contributed by atoms with Crippen LogP contribution >= 0.6 is 11.6 Å². The van der Waals surface area contributed by atoms with Crippen molar-refractivity contribution in [3.8, 4) is 0 Å². The minimum absolute atomic E-state index is 0.00258. The molecule has 0 saturated carbocycles. The first-order valence-electron chi connectivity index (χ1n) is 7.66. The maximum Gasteiger partial charge on any atom is 0.311 e. The third-order valence-corrected chi connectivity index (χ3v) is 5.34. The number of carbonyl (C=O) groups is 3. The second-order valence-electron chi connectivity index (χ2n) is 5.94. The quantitative estimate of drug-likeness (QED) is 0.806. The normalized spacial score (nSPS) is 27.3. The van der Waals surface area contributed by atoms with E-state index in [0.717, 1.165) is 12.8 Å². The van der Waals surface area contributed by atoms with Gasteiger partial charge in [0.25, 0.3) is 12.4 Å². The molecule has 0 aromatic carbocycles. The summed E-state index contributed by atoms with van der Waals surface area (Å²) in [6, 6.07) is 1.36. The Hall–Kier alpha value is -2.15. The Kier molecular flexibility index (Phi) is 5.43. The number of carboxylic acid groups (broad SMARTS) is 2. The topological polar surface area (TPSA) is 108 Å². The van der Waals surface area contributed by atoms with E-state index in [4.69, 9.17) is 21.5 Å². The van der Waals surface area contributed by atoms with Gasteiger partial charge in [0.05, 0.1) is 16.0 Å². The van der Waals surface area contributed by atoms with E-state index in [1.807, 2.05) is 6.92 Å². The molecule has 0 aliphatic carbocycles. The Morgan fingerprint density at radius 1 is 1.50 bits per heavy atom. The molecule has 0 unspecified atom stereocenters. The number of halogens is 1. The van der Waals surface area contributed by atoms with Crippen LogP contribution in [0.2, 0.25) is 5.02 Å². The fourth-order valence-electron chi connectivity index (χ4n) is 3.94. The Bertz CT molecular complexity index is 653. The molecule has 1 amide bonds. The number of rotatable bonds is 3. The molecule has 1 aromatic heterocycles.